The first-order valence-electron chi connectivity index (χ1n) is 9.92. The van der Waals surface area contributed by atoms with Crippen molar-refractivity contribution in [3.05, 3.63) is 62.9 Å². The molecule has 1 aromatic carbocycles. The van der Waals surface area contributed by atoms with Crippen LogP contribution in [0, 0.1) is 10.3 Å². The van der Waals surface area contributed by atoms with E-state index in [0.29, 0.717) is 6.54 Å². The predicted octanol–water partition coefficient (Wildman–Crippen LogP) is 3.80. The first kappa shape index (κ1) is 21.1. The fourth-order valence-corrected chi connectivity index (χ4v) is 5.09. The molecule has 1 N–H and O–H groups in total. The molecule has 1 fully saturated rings. The van der Waals surface area contributed by atoms with Gasteiger partial charge >= 0.3 is 0 Å². The highest BCUT2D eigenvalue weighted by Crippen LogP contribution is 2.29. The summed E-state index contributed by atoms with van der Waals surface area (Å²) in [5, 5.41) is 3.92. The number of hydrogen-bond donors (Lipinski definition) is 1. The lowest BCUT2D eigenvalue weighted by Crippen LogP contribution is -2.35. The fourth-order valence-electron chi connectivity index (χ4n) is 3.60. The molecule has 0 aliphatic carbocycles. The number of benzene rings is 1. The number of fused-ring (bicyclic) bond motifs is 1. The Bertz CT molecular complexity index is 1100. The van der Waals surface area contributed by atoms with Crippen LogP contribution in [-0.2, 0) is 36.1 Å². The molecule has 0 unspecified atom stereocenters. The second-order valence-corrected chi connectivity index (χ2v) is 9.02. The third-order valence-electron chi connectivity index (χ3n) is 5.21. The molecule has 0 spiro atoms. The van der Waals surface area contributed by atoms with E-state index < -0.39 is 0 Å². The van der Waals surface area contributed by atoms with Gasteiger partial charge in [-0.1, -0.05) is 24.4 Å². The molecule has 2 aromatic heterocycles. The number of carbonyl (C=O) groups excluding carboxylic acids is 1. The largest absolute Gasteiger partial charge is 0.379 e. The minimum atomic E-state index is -0.287. The first-order chi connectivity index (χ1) is 14.5. The zero-order valence-corrected chi connectivity index (χ0v) is 18.5. The summed E-state index contributed by atoms with van der Waals surface area (Å²) in [7, 11) is 1.99. The Kier molecular flexibility index (Phi) is 6.58. The third-order valence-corrected chi connectivity index (χ3v) is 6.90. The second-order valence-electron chi connectivity index (χ2n) is 7.49. The Morgan fingerprint density at radius 1 is 1.27 bits per heavy atom. The van der Waals surface area contributed by atoms with Gasteiger partial charge in [0.15, 0.2) is 0 Å². The van der Waals surface area contributed by atoms with Crippen LogP contribution < -0.4 is 5.32 Å². The van der Waals surface area contributed by atoms with E-state index in [9.17, 15) is 9.18 Å². The molecule has 0 saturated carbocycles. The fraction of sp³-hybridized carbons (Fsp3) is 0.364. The van der Waals surface area contributed by atoms with Crippen LogP contribution in [0.25, 0.3) is 10.2 Å². The van der Waals surface area contributed by atoms with Gasteiger partial charge in [-0.05, 0) is 29.3 Å². The van der Waals surface area contributed by atoms with Gasteiger partial charge in [-0.3, -0.25) is 9.69 Å². The van der Waals surface area contributed by atoms with Crippen LogP contribution >= 0.6 is 23.6 Å². The van der Waals surface area contributed by atoms with Gasteiger partial charge in [-0.15, -0.1) is 11.3 Å². The van der Waals surface area contributed by atoms with Crippen LogP contribution in [0.2, 0.25) is 0 Å². The van der Waals surface area contributed by atoms with Gasteiger partial charge in [0.25, 0.3) is 0 Å². The number of nitrogens with one attached hydrogen (secondary N) is 1. The summed E-state index contributed by atoms with van der Waals surface area (Å²) in [5.74, 6) is -0.390. The van der Waals surface area contributed by atoms with Crippen molar-refractivity contribution >= 4 is 39.7 Å². The lowest BCUT2D eigenvalue weighted by molar-refractivity contribution is -0.120. The molecule has 4 rings (SSSR count). The molecule has 1 aliphatic heterocycles. The van der Waals surface area contributed by atoms with E-state index >= 15 is 0 Å². The number of rotatable bonds is 6. The van der Waals surface area contributed by atoms with Gasteiger partial charge in [-0.2, -0.15) is 0 Å². The van der Waals surface area contributed by atoms with Crippen LogP contribution in [0.4, 0.5) is 4.39 Å². The van der Waals surface area contributed by atoms with Crippen molar-refractivity contribution in [3.63, 3.8) is 0 Å². The van der Waals surface area contributed by atoms with Crippen LogP contribution in [0.15, 0.2) is 36.5 Å². The summed E-state index contributed by atoms with van der Waals surface area (Å²) in [6.45, 7) is 4.71. The normalized spacial score (nSPS) is 14.9. The molecule has 3 aromatic rings. The second kappa shape index (κ2) is 9.34. The molecule has 158 valence electrons. The average Bonchev–Trinajstić information content (AvgIpc) is 3.17. The Morgan fingerprint density at radius 3 is 2.73 bits per heavy atom. The van der Waals surface area contributed by atoms with Crippen LogP contribution in [0.3, 0.4) is 0 Å². The molecule has 30 heavy (non-hydrogen) atoms. The van der Waals surface area contributed by atoms with Gasteiger partial charge in [0.2, 0.25) is 5.91 Å². The summed E-state index contributed by atoms with van der Waals surface area (Å²) in [4.78, 5) is 17.2. The molecule has 5 nitrogen and oxygen atoms in total. The van der Waals surface area contributed by atoms with Gasteiger partial charge in [0.05, 0.1) is 24.1 Å². The van der Waals surface area contributed by atoms with Crippen molar-refractivity contribution in [1.29, 1.82) is 0 Å². The number of aromatic nitrogens is 1. The number of hydrogen-bond acceptors (Lipinski definition) is 5. The van der Waals surface area contributed by atoms with Crippen molar-refractivity contribution in [2.75, 3.05) is 26.3 Å². The topological polar surface area (TPSA) is 46.5 Å². The zero-order chi connectivity index (χ0) is 21.1. The van der Waals surface area contributed by atoms with Crippen molar-refractivity contribution in [2.45, 2.75) is 19.5 Å². The molecule has 3 heterocycles. The van der Waals surface area contributed by atoms with Crippen molar-refractivity contribution in [3.8, 4) is 0 Å². The average molecular weight is 446 g/mol. The standard InChI is InChI=1S/C22H24FN3O2S2/c1-25-13-16(10-20(27)24-12-15-2-4-17(23)5-3-15)21(29)19-11-18(30-22(19)25)14-26-6-8-28-9-7-26/h2-5,11,13H,6-10,12,14H2,1H3,(H,24,27). The van der Waals surface area contributed by atoms with E-state index in [2.05, 4.69) is 20.9 Å². The zero-order valence-electron chi connectivity index (χ0n) is 16.8. The summed E-state index contributed by atoms with van der Waals surface area (Å²) in [5.41, 5.74) is 1.70. The first-order valence-corrected chi connectivity index (χ1v) is 11.1. The molecule has 0 atom stereocenters. The van der Waals surface area contributed by atoms with E-state index in [1.807, 2.05) is 13.2 Å². The van der Waals surface area contributed by atoms with Crippen LogP contribution in [0.5, 0.6) is 0 Å². The quantitative estimate of drug-likeness (QED) is 0.587. The van der Waals surface area contributed by atoms with Crippen molar-refractivity contribution in [2.24, 2.45) is 7.05 Å². The maximum Gasteiger partial charge on any atom is 0.224 e. The number of halogens is 1. The van der Waals surface area contributed by atoms with Gasteiger partial charge < -0.3 is 14.6 Å². The highest BCUT2D eigenvalue weighted by molar-refractivity contribution is 7.71. The van der Waals surface area contributed by atoms with Crippen molar-refractivity contribution < 1.29 is 13.9 Å². The Labute approximate surface area is 184 Å². The number of nitrogens with zero attached hydrogens (tertiary/aromatic N) is 2. The molecular formula is C22H24FN3O2S2. The minimum Gasteiger partial charge on any atom is -0.379 e. The van der Waals surface area contributed by atoms with Gasteiger partial charge in [0, 0.05) is 49.7 Å². The van der Waals surface area contributed by atoms with Crippen molar-refractivity contribution in [1.82, 2.24) is 14.8 Å². The number of morpholine rings is 1. The third kappa shape index (κ3) is 4.95. The number of ether oxygens (including phenoxy) is 1. The number of aryl methyl sites for hydroxylation is 1. The molecule has 0 radical (unpaired) electrons. The Morgan fingerprint density at radius 2 is 2.00 bits per heavy atom. The van der Waals surface area contributed by atoms with E-state index in [0.717, 1.165) is 58.7 Å². The summed E-state index contributed by atoms with van der Waals surface area (Å²) >= 11 is 7.47. The molecule has 0 bridgehead atoms. The highest BCUT2D eigenvalue weighted by atomic mass is 32.1. The van der Waals surface area contributed by atoms with Crippen LogP contribution in [0.1, 0.15) is 16.0 Å². The lowest BCUT2D eigenvalue weighted by atomic mass is 10.1. The minimum absolute atomic E-state index is 0.103. The lowest BCUT2D eigenvalue weighted by Gasteiger charge is -2.25. The number of carbonyl (C=O) groups is 1. The summed E-state index contributed by atoms with van der Waals surface area (Å²) in [6.07, 6.45) is 2.18. The Balaban J connectivity index is 1.47. The van der Waals surface area contributed by atoms with Crippen LogP contribution in [-0.4, -0.2) is 41.7 Å². The van der Waals surface area contributed by atoms with E-state index in [1.54, 1.807) is 23.5 Å². The monoisotopic (exact) mass is 445 g/mol. The smallest absolute Gasteiger partial charge is 0.224 e. The molecule has 1 aliphatic rings. The van der Waals surface area contributed by atoms with Gasteiger partial charge in [-0.25, -0.2) is 4.39 Å². The number of pyridine rings is 1. The summed E-state index contributed by atoms with van der Waals surface area (Å²) < 4.78 is 21.2. The number of thiophene rings is 1. The molecule has 8 heteroatoms. The molecule has 1 amide bonds. The maximum atomic E-state index is 13.0. The summed E-state index contributed by atoms with van der Waals surface area (Å²) in [6, 6.07) is 8.28. The van der Waals surface area contributed by atoms with Gasteiger partial charge in [0.1, 0.15) is 10.6 Å². The highest BCUT2D eigenvalue weighted by Gasteiger charge is 2.15. The Hall–Kier alpha value is -2.13. The number of amides is 1. The van der Waals surface area contributed by atoms with E-state index in [1.165, 1.54) is 17.0 Å². The predicted molar refractivity (Wildman–Crippen MR) is 120 cm³/mol. The SMILES string of the molecule is Cn1cc(CC(=O)NCc2ccc(F)cc2)c(=S)c2cc(CN3CCOCC3)sc21. The molecular weight excluding hydrogens is 421 g/mol. The maximum absolute atomic E-state index is 13.0. The molecule has 1 saturated heterocycles. The van der Waals surface area contributed by atoms with E-state index in [-0.39, 0.29) is 18.1 Å². The van der Waals surface area contributed by atoms with E-state index in [4.69, 9.17) is 17.0 Å².